The Bertz CT molecular complexity index is 347. The summed E-state index contributed by atoms with van der Waals surface area (Å²) in [7, 11) is 0. The second kappa shape index (κ2) is 7.69. The second-order valence-electron chi connectivity index (χ2n) is 4.58. The average Bonchev–Trinajstić information content (AvgIpc) is 2.55. The van der Waals surface area contributed by atoms with Crippen molar-refractivity contribution >= 4 is 11.9 Å². The Morgan fingerprint density at radius 1 is 1.17 bits per heavy atom. The third-order valence-corrected chi connectivity index (χ3v) is 3.21. The molecule has 0 spiro atoms. The van der Waals surface area contributed by atoms with Crippen LogP contribution in [0.15, 0.2) is 24.3 Å². The van der Waals surface area contributed by atoms with Crippen molar-refractivity contribution in [2.24, 2.45) is 5.92 Å². The Balaban J connectivity index is 2.60. The highest BCUT2D eigenvalue weighted by molar-refractivity contribution is 5.88. The quantitative estimate of drug-likeness (QED) is 0.457. The van der Waals surface area contributed by atoms with Crippen LogP contribution in [0.4, 0.5) is 0 Å². The van der Waals surface area contributed by atoms with Crippen LogP contribution in [0.1, 0.15) is 39.0 Å². The molecule has 0 aliphatic heterocycles. The molecule has 0 heterocycles. The molecule has 0 saturated heterocycles. The summed E-state index contributed by atoms with van der Waals surface area (Å²) in [5, 5.41) is 12.0. The van der Waals surface area contributed by atoms with Gasteiger partial charge in [-0.05, 0) is 19.8 Å². The van der Waals surface area contributed by atoms with E-state index in [2.05, 4.69) is 5.32 Å². The molecule has 1 amide bonds. The van der Waals surface area contributed by atoms with Crippen LogP contribution in [-0.2, 0) is 9.59 Å². The van der Waals surface area contributed by atoms with Gasteiger partial charge in [-0.1, -0.05) is 37.5 Å². The van der Waals surface area contributed by atoms with Gasteiger partial charge in [0.15, 0.2) is 0 Å². The van der Waals surface area contributed by atoms with Crippen LogP contribution in [-0.4, -0.2) is 23.0 Å². The summed E-state index contributed by atoms with van der Waals surface area (Å²) in [5.41, 5.74) is 0. The predicted molar refractivity (Wildman–Crippen MR) is 70.1 cm³/mol. The fraction of sp³-hybridized carbons (Fsp3) is 0.571. The van der Waals surface area contributed by atoms with Gasteiger partial charge in [-0.25, -0.2) is 0 Å². The molecule has 4 heteroatoms. The molecule has 0 aromatic heterocycles. The van der Waals surface area contributed by atoms with Crippen molar-refractivity contribution in [3.05, 3.63) is 24.3 Å². The zero-order valence-electron chi connectivity index (χ0n) is 10.8. The maximum absolute atomic E-state index is 11.6. The molecular weight excluding hydrogens is 230 g/mol. The molecule has 0 aromatic carbocycles. The molecule has 18 heavy (non-hydrogen) atoms. The topological polar surface area (TPSA) is 66.4 Å². The Morgan fingerprint density at radius 3 is 2.56 bits per heavy atom. The minimum atomic E-state index is -0.806. The summed E-state index contributed by atoms with van der Waals surface area (Å²) in [6, 6.07) is -0.243. The Labute approximate surface area is 108 Å². The molecular formula is C14H21NO3. The zero-order valence-corrected chi connectivity index (χ0v) is 10.8. The summed E-state index contributed by atoms with van der Waals surface area (Å²) < 4.78 is 0. The number of nitrogens with one attached hydrogen (secondary N) is 1. The van der Waals surface area contributed by atoms with Crippen LogP contribution in [0, 0.1) is 5.92 Å². The highest BCUT2D eigenvalue weighted by atomic mass is 16.4. The van der Waals surface area contributed by atoms with Crippen molar-refractivity contribution in [2.45, 2.75) is 45.1 Å². The number of carbonyl (C=O) groups is 2. The standard InChI is InChI=1S/C14H21NO3/c1-2-3-5-10-13(16)15-12-9-7-4-6-8-11(12)14(17)18/h2-3,5,10-12H,4,6-9H2,1H3,(H,15,16)(H,17,18)/b3-2+,10-5?. The fourth-order valence-electron chi connectivity index (χ4n) is 2.26. The van der Waals surface area contributed by atoms with Gasteiger partial charge in [0.2, 0.25) is 5.91 Å². The van der Waals surface area contributed by atoms with E-state index in [4.69, 9.17) is 0 Å². The number of aliphatic carboxylic acids is 1. The van der Waals surface area contributed by atoms with E-state index in [0.717, 1.165) is 25.7 Å². The van der Waals surface area contributed by atoms with Gasteiger partial charge in [0.1, 0.15) is 0 Å². The molecule has 2 unspecified atom stereocenters. The van der Waals surface area contributed by atoms with E-state index in [-0.39, 0.29) is 11.9 Å². The van der Waals surface area contributed by atoms with Gasteiger partial charge < -0.3 is 10.4 Å². The summed E-state index contributed by atoms with van der Waals surface area (Å²) in [6.45, 7) is 1.87. The first kappa shape index (κ1) is 14.5. The smallest absolute Gasteiger partial charge is 0.308 e. The van der Waals surface area contributed by atoms with E-state index < -0.39 is 11.9 Å². The first-order valence-corrected chi connectivity index (χ1v) is 6.48. The van der Waals surface area contributed by atoms with E-state index in [1.54, 1.807) is 12.2 Å². The van der Waals surface area contributed by atoms with E-state index in [9.17, 15) is 14.7 Å². The van der Waals surface area contributed by atoms with Gasteiger partial charge in [0, 0.05) is 12.1 Å². The Kier molecular flexibility index (Phi) is 6.19. The summed E-state index contributed by atoms with van der Waals surface area (Å²) in [5.74, 6) is -1.47. The largest absolute Gasteiger partial charge is 0.481 e. The van der Waals surface area contributed by atoms with Crippen molar-refractivity contribution < 1.29 is 14.7 Å². The molecule has 0 bridgehead atoms. The first-order chi connectivity index (χ1) is 8.65. The number of allylic oxidation sites excluding steroid dienone is 3. The first-order valence-electron chi connectivity index (χ1n) is 6.48. The van der Waals surface area contributed by atoms with Crippen LogP contribution in [0.5, 0.6) is 0 Å². The maximum Gasteiger partial charge on any atom is 0.308 e. The molecule has 1 rings (SSSR count). The van der Waals surface area contributed by atoms with Crippen molar-refractivity contribution in [1.29, 1.82) is 0 Å². The third-order valence-electron chi connectivity index (χ3n) is 3.21. The molecule has 4 nitrogen and oxygen atoms in total. The summed E-state index contributed by atoms with van der Waals surface area (Å²) >= 11 is 0. The highest BCUT2D eigenvalue weighted by Gasteiger charge is 2.29. The van der Waals surface area contributed by atoms with Crippen LogP contribution < -0.4 is 5.32 Å². The lowest BCUT2D eigenvalue weighted by atomic mass is 9.95. The van der Waals surface area contributed by atoms with Gasteiger partial charge in [-0.2, -0.15) is 0 Å². The second-order valence-corrected chi connectivity index (χ2v) is 4.58. The normalized spacial score (nSPS) is 25.2. The fourth-order valence-corrected chi connectivity index (χ4v) is 2.26. The molecule has 0 radical (unpaired) electrons. The van der Waals surface area contributed by atoms with Crippen LogP contribution >= 0.6 is 0 Å². The summed E-state index contributed by atoms with van der Waals surface area (Å²) in [4.78, 5) is 22.8. The minimum absolute atomic E-state index is 0.216. The SMILES string of the molecule is C/C=C/C=CC(=O)NC1CCCCCC1C(=O)O. The average molecular weight is 251 g/mol. The number of carbonyl (C=O) groups excluding carboxylic acids is 1. The lowest BCUT2D eigenvalue weighted by Crippen LogP contribution is -2.42. The Morgan fingerprint density at radius 2 is 1.89 bits per heavy atom. The molecule has 100 valence electrons. The molecule has 2 N–H and O–H groups in total. The lowest BCUT2D eigenvalue weighted by Gasteiger charge is -2.22. The van der Waals surface area contributed by atoms with Crippen molar-refractivity contribution in [2.75, 3.05) is 0 Å². The minimum Gasteiger partial charge on any atom is -0.481 e. The van der Waals surface area contributed by atoms with Gasteiger partial charge in [0.05, 0.1) is 5.92 Å². The van der Waals surface area contributed by atoms with Gasteiger partial charge >= 0.3 is 5.97 Å². The zero-order chi connectivity index (χ0) is 13.4. The van der Waals surface area contributed by atoms with E-state index in [1.165, 1.54) is 6.08 Å². The van der Waals surface area contributed by atoms with E-state index >= 15 is 0 Å². The molecule has 1 fully saturated rings. The maximum atomic E-state index is 11.6. The monoisotopic (exact) mass is 251 g/mol. The molecule has 1 saturated carbocycles. The third kappa shape index (κ3) is 4.73. The van der Waals surface area contributed by atoms with Crippen molar-refractivity contribution in [1.82, 2.24) is 5.32 Å². The number of hydrogen-bond donors (Lipinski definition) is 2. The molecule has 1 aliphatic rings. The number of carboxylic acid groups (broad SMARTS) is 1. The Hall–Kier alpha value is -1.58. The predicted octanol–water partition coefficient (Wildman–Crippen LogP) is 2.27. The summed E-state index contributed by atoms with van der Waals surface area (Å²) in [6.07, 6.45) is 11.0. The van der Waals surface area contributed by atoms with Gasteiger partial charge in [0.25, 0.3) is 0 Å². The molecule has 2 atom stereocenters. The van der Waals surface area contributed by atoms with Crippen LogP contribution in [0.25, 0.3) is 0 Å². The van der Waals surface area contributed by atoms with Crippen LogP contribution in [0.2, 0.25) is 0 Å². The van der Waals surface area contributed by atoms with Crippen LogP contribution in [0.3, 0.4) is 0 Å². The highest BCUT2D eigenvalue weighted by Crippen LogP contribution is 2.23. The number of amides is 1. The number of rotatable bonds is 4. The number of carboxylic acids is 1. The number of hydrogen-bond acceptors (Lipinski definition) is 2. The molecule has 1 aliphatic carbocycles. The van der Waals surface area contributed by atoms with Crippen molar-refractivity contribution in [3.8, 4) is 0 Å². The van der Waals surface area contributed by atoms with E-state index in [1.807, 2.05) is 13.0 Å². The van der Waals surface area contributed by atoms with Gasteiger partial charge in [-0.3, -0.25) is 9.59 Å². The van der Waals surface area contributed by atoms with Gasteiger partial charge in [-0.15, -0.1) is 0 Å². The van der Waals surface area contributed by atoms with Crippen molar-refractivity contribution in [3.63, 3.8) is 0 Å². The van der Waals surface area contributed by atoms with E-state index in [0.29, 0.717) is 6.42 Å². The molecule has 0 aromatic rings. The lowest BCUT2D eigenvalue weighted by molar-refractivity contribution is -0.143.